The van der Waals surface area contributed by atoms with Crippen LogP contribution in [0, 0.1) is 11.8 Å². The van der Waals surface area contributed by atoms with Gasteiger partial charge in [-0.2, -0.15) is 0 Å². The molecule has 4 nitrogen and oxygen atoms in total. The Kier molecular flexibility index (Phi) is 6.47. The largest absolute Gasteiger partial charge is 0.448 e. The zero-order chi connectivity index (χ0) is 13.5. The van der Waals surface area contributed by atoms with Gasteiger partial charge in [0.1, 0.15) is 6.61 Å². The van der Waals surface area contributed by atoms with Gasteiger partial charge in [-0.15, -0.1) is 0 Å². The average molecular weight is 256 g/mol. The van der Waals surface area contributed by atoms with Gasteiger partial charge in [0, 0.05) is 12.6 Å². The van der Waals surface area contributed by atoms with Crippen LogP contribution in [0.1, 0.15) is 39.5 Å². The number of amides is 1. The fourth-order valence-electron chi connectivity index (χ4n) is 2.46. The lowest BCUT2D eigenvalue weighted by Gasteiger charge is -2.31. The molecule has 106 valence electrons. The number of carbonyl (C=O) groups is 1. The van der Waals surface area contributed by atoms with Crippen molar-refractivity contribution in [2.45, 2.75) is 45.6 Å². The second-order valence-corrected chi connectivity index (χ2v) is 5.94. The molecule has 4 heteroatoms. The molecule has 0 bridgehead atoms. The maximum Gasteiger partial charge on any atom is 0.407 e. The highest BCUT2D eigenvalue weighted by atomic mass is 16.5. The summed E-state index contributed by atoms with van der Waals surface area (Å²) < 4.78 is 5.14. The van der Waals surface area contributed by atoms with Crippen molar-refractivity contribution in [3.8, 4) is 0 Å². The van der Waals surface area contributed by atoms with E-state index in [4.69, 9.17) is 4.74 Å². The Hall–Kier alpha value is -0.770. The monoisotopic (exact) mass is 256 g/mol. The number of nitrogens with zero attached hydrogens (tertiary/aromatic N) is 1. The molecule has 1 N–H and O–H groups in total. The third-order valence-electron chi connectivity index (χ3n) is 3.81. The van der Waals surface area contributed by atoms with Gasteiger partial charge < -0.3 is 15.0 Å². The summed E-state index contributed by atoms with van der Waals surface area (Å²) in [6.45, 7) is 5.80. The minimum Gasteiger partial charge on any atom is -0.448 e. The first-order valence-electron chi connectivity index (χ1n) is 7.07. The van der Waals surface area contributed by atoms with Gasteiger partial charge >= 0.3 is 6.09 Å². The van der Waals surface area contributed by atoms with Gasteiger partial charge in [-0.1, -0.05) is 13.8 Å². The zero-order valence-corrected chi connectivity index (χ0v) is 12.2. The van der Waals surface area contributed by atoms with Crippen molar-refractivity contribution in [1.82, 2.24) is 10.2 Å². The molecule has 1 saturated carbocycles. The highest BCUT2D eigenvalue weighted by Gasteiger charge is 2.24. The van der Waals surface area contributed by atoms with Crippen molar-refractivity contribution in [2.24, 2.45) is 11.8 Å². The Morgan fingerprint density at radius 1 is 1.28 bits per heavy atom. The lowest BCUT2D eigenvalue weighted by Crippen LogP contribution is -2.39. The first-order chi connectivity index (χ1) is 8.49. The van der Waals surface area contributed by atoms with Crippen LogP contribution in [0.15, 0.2) is 0 Å². The zero-order valence-electron chi connectivity index (χ0n) is 12.2. The third-order valence-corrected chi connectivity index (χ3v) is 3.81. The Bertz CT molecular complexity index is 246. The van der Waals surface area contributed by atoms with E-state index in [-0.39, 0.29) is 6.09 Å². The summed E-state index contributed by atoms with van der Waals surface area (Å²) in [6, 6.07) is 0.312. The van der Waals surface area contributed by atoms with Crippen molar-refractivity contribution in [1.29, 1.82) is 0 Å². The topological polar surface area (TPSA) is 41.6 Å². The minimum atomic E-state index is -0.259. The molecule has 0 saturated heterocycles. The molecule has 0 aromatic carbocycles. The number of alkyl carbamates (subject to hydrolysis) is 1. The van der Waals surface area contributed by atoms with Crippen molar-refractivity contribution in [3.63, 3.8) is 0 Å². The van der Waals surface area contributed by atoms with E-state index >= 15 is 0 Å². The smallest absolute Gasteiger partial charge is 0.407 e. The highest BCUT2D eigenvalue weighted by molar-refractivity contribution is 5.67. The van der Waals surface area contributed by atoms with Crippen LogP contribution < -0.4 is 5.32 Å². The van der Waals surface area contributed by atoms with E-state index < -0.39 is 0 Å². The molecule has 0 aliphatic heterocycles. The number of carbonyl (C=O) groups excluding carboxylic acids is 1. The summed E-state index contributed by atoms with van der Waals surface area (Å²) in [5, 5.41) is 2.97. The maximum atomic E-state index is 11.6. The molecule has 1 aliphatic rings. The third kappa shape index (κ3) is 5.71. The second kappa shape index (κ2) is 7.62. The van der Waals surface area contributed by atoms with Gasteiger partial charge in [0.25, 0.3) is 0 Å². The van der Waals surface area contributed by atoms with Crippen LogP contribution in [-0.4, -0.2) is 44.3 Å². The molecule has 0 atom stereocenters. The summed E-state index contributed by atoms with van der Waals surface area (Å²) in [7, 11) is 3.93. The molecule has 0 radical (unpaired) electrons. The van der Waals surface area contributed by atoms with Gasteiger partial charge in [-0.05, 0) is 51.6 Å². The number of likely N-dealkylation sites (N-methyl/N-ethyl adjacent to an activating group) is 1. The number of nitrogens with one attached hydrogen (secondary N) is 1. The Labute approximate surface area is 111 Å². The van der Waals surface area contributed by atoms with E-state index in [2.05, 4.69) is 19.2 Å². The van der Waals surface area contributed by atoms with Crippen molar-refractivity contribution < 1.29 is 9.53 Å². The van der Waals surface area contributed by atoms with Gasteiger partial charge in [0.05, 0.1) is 0 Å². The predicted octanol–water partition coefficient (Wildman–Crippen LogP) is 2.49. The van der Waals surface area contributed by atoms with Crippen LogP contribution in [0.5, 0.6) is 0 Å². The van der Waals surface area contributed by atoms with Gasteiger partial charge in [-0.25, -0.2) is 4.79 Å². The molecule has 0 spiro atoms. The number of ether oxygens (including phenoxy) is 1. The van der Waals surface area contributed by atoms with Crippen LogP contribution in [0.25, 0.3) is 0 Å². The molecule has 1 amide bonds. The molecular formula is C14H28N2O2. The second-order valence-electron chi connectivity index (χ2n) is 5.94. The summed E-state index contributed by atoms with van der Waals surface area (Å²) in [5.41, 5.74) is 0. The molecular weight excluding hydrogens is 228 g/mol. The predicted molar refractivity (Wildman–Crippen MR) is 73.6 cm³/mol. The highest BCUT2D eigenvalue weighted by Crippen LogP contribution is 2.29. The van der Waals surface area contributed by atoms with E-state index in [9.17, 15) is 4.79 Å². The molecule has 0 unspecified atom stereocenters. The van der Waals surface area contributed by atoms with Crippen LogP contribution in [0.3, 0.4) is 0 Å². The summed E-state index contributed by atoms with van der Waals surface area (Å²) in [5.74, 6) is 1.59. The molecule has 0 aromatic rings. The Morgan fingerprint density at radius 2 is 1.89 bits per heavy atom. The fraction of sp³-hybridized carbons (Fsp3) is 0.929. The number of rotatable bonds is 5. The summed E-state index contributed by atoms with van der Waals surface area (Å²) in [4.78, 5) is 13.6. The van der Waals surface area contributed by atoms with Gasteiger partial charge in [0.15, 0.2) is 0 Å². The van der Waals surface area contributed by atoms with Crippen molar-refractivity contribution in [2.75, 3.05) is 27.2 Å². The van der Waals surface area contributed by atoms with E-state index in [0.29, 0.717) is 12.6 Å². The van der Waals surface area contributed by atoms with Crippen LogP contribution >= 0.6 is 0 Å². The molecule has 1 rings (SSSR count). The molecule has 1 aliphatic carbocycles. The van der Waals surface area contributed by atoms with E-state index in [1.165, 1.54) is 12.8 Å². The first kappa shape index (κ1) is 15.3. The lowest BCUT2D eigenvalue weighted by molar-refractivity contribution is 0.127. The van der Waals surface area contributed by atoms with Crippen LogP contribution in [0.4, 0.5) is 4.79 Å². The quantitative estimate of drug-likeness (QED) is 0.821. The number of hydrogen-bond acceptors (Lipinski definition) is 3. The first-order valence-corrected chi connectivity index (χ1v) is 7.07. The normalized spacial score (nSPS) is 24.3. The van der Waals surface area contributed by atoms with Crippen molar-refractivity contribution in [3.05, 3.63) is 0 Å². The van der Waals surface area contributed by atoms with Crippen molar-refractivity contribution >= 4 is 6.09 Å². The van der Waals surface area contributed by atoms with Crippen LogP contribution in [-0.2, 0) is 4.74 Å². The van der Waals surface area contributed by atoms with Gasteiger partial charge in [0.2, 0.25) is 0 Å². The van der Waals surface area contributed by atoms with E-state index in [0.717, 1.165) is 31.2 Å². The summed E-state index contributed by atoms with van der Waals surface area (Å²) in [6.07, 6.45) is 4.36. The fourth-order valence-corrected chi connectivity index (χ4v) is 2.46. The lowest BCUT2D eigenvalue weighted by atomic mass is 9.80. The van der Waals surface area contributed by atoms with Gasteiger partial charge in [-0.3, -0.25) is 0 Å². The summed E-state index contributed by atoms with van der Waals surface area (Å²) >= 11 is 0. The molecule has 1 fully saturated rings. The molecule has 18 heavy (non-hydrogen) atoms. The SMILES string of the molecule is CC(C)C1CCC(NC(=O)OCCN(C)C)CC1. The van der Waals surface area contributed by atoms with E-state index in [1.807, 2.05) is 19.0 Å². The molecule has 0 heterocycles. The standard InChI is InChI=1S/C14H28N2O2/c1-11(2)12-5-7-13(8-6-12)15-14(17)18-10-9-16(3)4/h11-13H,5-10H2,1-4H3,(H,15,17). The van der Waals surface area contributed by atoms with Crippen LogP contribution in [0.2, 0.25) is 0 Å². The Morgan fingerprint density at radius 3 is 2.39 bits per heavy atom. The number of hydrogen-bond donors (Lipinski definition) is 1. The average Bonchev–Trinajstić information content (AvgIpc) is 2.29. The minimum absolute atomic E-state index is 0.259. The Balaban J connectivity index is 2.14. The van der Waals surface area contributed by atoms with E-state index in [1.54, 1.807) is 0 Å². The maximum absolute atomic E-state index is 11.6. The molecule has 0 aromatic heterocycles.